The molecule has 0 aliphatic heterocycles. The van der Waals surface area contributed by atoms with E-state index in [9.17, 15) is 0 Å². The van der Waals surface area contributed by atoms with E-state index in [0.717, 1.165) is 3.63 Å². The van der Waals surface area contributed by atoms with E-state index in [0.29, 0.717) is 11.8 Å². The van der Waals surface area contributed by atoms with Gasteiger partial charge in [0.25, 0.3) is 0 Å². The Morgan fingerprint density at radius 2 is 1.38 bits per heavy atom. The average Bonchev–Trinajstić information content (AvgIpc) is 3.00. The van der Waals surface area contributed by atoms with Crippen molar-refractivity contribution < 1.29 is 45.7 Å². The second-order valence-electron chi connectivity index (χ2n) is 12.4. The molecule has 0 spiro atoms. The maximum absolute atomic E-state index is 2.67. The second-order valence-corrected chi connectivity index (χ2v) is 32.0. The van der Waals surface area contributed by atoms with Gasteiger partial charge in [0.15, 0.2) is 0 Å². The molecule has 3 aliphatic carbocycles. The summed E-state index contributed by atoms with van der Waals surface area (Å²) < 4.78 is 2.77. The predicted molar refractivity (Wildman–Crippen MR) is 143 cm³/mol. The molecule has 0 saturated carbocycles. The summed E-state index contributed by atoms with van der Waals surface area (Å²) in [5, 5.41) is 0. The molecule has 0 nitrogen and oxygen atoms in total. The quantitative estimate of drug-likeness (QED) is 0.437. The molecule has 0 aromatic rings. The first-order chi connectivity index (χ1) is 14.7. The molecule has 0 radical (unpaired) electrons. The van der Waals surface area contributed by atoms with Gasteiger partial charge >= 0.3 is 209 Å². The summed E-state index contributed by atoms with van der Waals surface area (Å²) in [7, 11) is 0. The zero-order valence-electron chi connectivity index (χ0n) is 23.9. The van der Waals surface area contributed by atoms with Crippen molar-refractivity contribution in [2.24, 2.45) is 17.3 Å². The van der Waals surface area contributed by atoms with Crippen molar-refractivity contribution in [2.45, 2.75) is 99.3 Å². The van der Waals surface area contributed by atoms with Crippen LogP contribution in [-0.2, 0) is 20.9 Å². The van der Waals surface area contributed by atoms with Crippen LogP contribution in [0.5, 0.6) is 0 Å². The molecule has 0 amide bonds. The molecule has 0 aromatic heterocycles. The summed E-state index contributed by atoms with van der Waals surface area (Å²) >= 11 is -1.89. The number of halogens is 2. The molecule has 0 saturated heterocycles. The summed E-state index contributed by atoms with van der Waals surface area (Å²) in [5.74, 6) is 0.356. The molecule has 189 valence electrons. The molecule has 0 fully saturated rings. The zero-order valence-corrected chi connectivity index (χ0v) is 29.1. The number of fused-ring (bicyclic) bond motifs is 1. The minimum atomic E-state index is -1.89. The van der Waals surface area contributed by atoms with Gasteiger partial charge < -0.3 is 24.8 Å². The molecule has 4 heteroatoms. The van der Waals surface area contributed by atoms with Gasteiger partial charge in [0.1, 0.15) is 0 Å². The van der Waals surface area contributed by atoms with Crippen molar-refractivity contribution in [1.29, 1.82) is 0 Å². The zero-order chi connectivity index (χ0) is 24.3. The fraction of sp³-hybridized carbons (Fsp3) is 0.600. The number of allylic oxidation sites excluding steroid dienone is 12. The van der Waals surface area contributed by atoms with Gasteiger partial charge in [-0.05, 0) is 0 Å². The van der Waals surface area contributed by atoms with E-state index in [1.54, 1.807) is 50.2 Å². The van der Waals surface area contributed by atoms with Gasteiger partial charge in [-0.1, -0.05) is 0 Å². The fourth-order valence-electron chi connectivity index (χ4n) is 6.61. The smallest absolute Gasteiger partial charge is 1.00 e. The Bertz CT molecular complexity index is 985. The van der Waals surface area contributed by atoms with Crippen LogP contribution in [0.25, 0.3) is 0 Å². The molecule has 0 bridgehead atoms. The third kappa shape index (κ3) is 5.51. The maximum atomic E-state index is 2.67. The summed E-state index contributed by atoms with van der Waals surface area (Å²) in [5.41, 5.74) is 15.2. The molecule has 34 heavy (non-hydrogen) atoms. The van der Waals surface area contributed by atoms with Crippen molar-refractivity contribution in [3.8, 4) is 0 Å². The van der Waals surface area contributed by atoms with E-state index < -0.39 is 26.8 Å². The van der Waals surface area contributed by atoms with Gasteiger partial charge in [-0.2, -0.15) is 0 Å². The molecule has 0 heterocycles. The monoisotopic (exact) mass is 595 g/mol. The second kappa shape index (κ2) is 11.7. The fourth-order valence-corrected chi connectivity index (χ4v) is 29.3. The first-order valence-corrected chi connectivity index (χ1v) is 22.5. The van der Waals surface area contributed by atoms with Crippen LogP contribution in [0.1, 0.15) is 82.6 Å². The van der Waals surface area contributed by atoms with E-state index in [-0.39, 0.29) is 30.2 Å². The van der Waals surface area contributed by atoms with Crippen LogP contribution in [0, 0.1) is 17.3 Å². The van der Waals surface area contributed by atoms with Crippen molar-refractivity contribution in [2.75, 3.05) is 0 Å². The molecule has 1 atom stereocenters. The van der Waals surface area contributed by atoms with Gasteiger partial charge in [0, 0.05) is 0 Å². The van der Waals surface area contributed by atoms with Gasteiger partial charge in [-0.3, -0.25) is 0 Å². The standard InChI is InChI=1S/C19H27.C9H13.C2H7Si.2ClH.Zr/c1-12(2)15-10-8-13(3)16-11-9-14(4)17(16)18(15)19(5,6)7;1-6-5-7(2)9(4)8(6)3;1-3-2;;;/h8,10,12,18H,9H2,1-7H3;5H,1-4H3;3H,1-2H3;2*1H;/q;;;;;+2/p-2. The molecular weight excluding hydrogens is 551 g/mol. The minimum absolute atomic E-state index is 0. The molecule has 1 unspecified atom stereocenters. The number of hydrogen-bond donors (Lipinski definition) is 0. The minimum Gasteiger partial charge on any atom is -1.00 e. The van der Waals surface area contributed by atoms with E-state index in [4.69, 9.17) is 0 Å². The van der Waals surface area contributed by atoms with Crippen molar-refractivity contribution in [1.82, 2.24) is 0 Å². The van der Waals surface area contributed by atoms with Crippen LogP contribution in [0.3, 0.4) is 0 Å². The van der Waals surface area contributed by atoms with E-state index >= 15 is 0 Å². The summed E-state index contributed by atoms with van der Waals surface area (Å²) in [6.07, 6.45) is 6.24. The van der Waals surface area contributed by atoms with E-state index in [1.165, 1.54) is 6.42 Å². The maximum Gasteiger partial charge on any atom is -1.00 e. The Hall–Kier alpha value is 0.120. The molecular formula is C30H47Cl2SiZr. The number of hydrogen-bond acceptors (Lipinski definition) is 0. The van der Waals surface area contributed by atoms with Crippen LogP contribution < -0.4 is 24.8 Å². The number of rotatable bonds is 4. The third-order valence-corrected chi connectivity index (χ3v) is 29.3. The normalized spacial score (nSPS) is 21.7. The van der Waals surface area contributed by atoms with Crippen LogP contribution in [0.4, 0.5) is 0 Å². The van der Waals surface area contributed by atoms with E-state index in [2.05, 4.69) is 101 Å². The van der Waals surface area contributed by atoms with Crippen LogP contribution in [-0.4, -0.2) is 5.92 Å². The topological polar surface area (TPSA) is 0 Å². The Balaban J connectivity index is 0.00000289. The Labute approximate surface area is 232 Å². The van der Waals surface area contributed by atoms with Crippen molar-refractivity contribution in [3.05, 3.63) is 65.6 Å². The molecule has 3 rings (SSSR count). The van der Waals surface area contributed by atoms with Gasteiger partial charge in [-0.25, -0.2) is 0 Å². The first kappa shape index (κ1) is 32.1. The Morgan fingerprint density at radius 3 is 1.79 bits per heavy atom. The summed E-state index contributed by atoms with van der Waals surface area (Å²) in [6.45, 7) is 32.1. The third-order valence-electron chi connectivity index (χ3n) is 8.44. The van der Waals surface area contributed by atoms with Crippen molar-refractivity contribution >= 4 is 5.92 Å². The molecule has 3 aliphatic rings. The van der Waals surface area contributed by atoms with Crippen LogP contribution >= 0.6 is 0 Å². The van der Waals surface area contributed by atoms with Crippen LogP contribution in [0.15, 0.2) is 65.6 Å². The van der Waals surface area contributed by atoms with Gasteiger partial charge in [0.2, 0.25) is 0 Å². The summed E-state index contributed by atoms with van der Waals surface area (Å²) in [4.78, 5) is 0. The first-order valence-electron chi connectivity index (χ1n) is 12.7. The van der Waals surface area contributed by atoms with Gasteiger partial charge in [-0.15, -0.1) is 0 Å². The predicted octanol–water partition coefficient (Wildman–Crippen LogP) is 3.25. The largest absolute Gasteiger partial charge is 1.00 e. The van der Waals surface area contributed by atoms with Crippen LogP contribution in [0.2, 0.25) is 16.7 Å². The Morgan fingerprint density at radius 1 is 0.882 bits per heavy atom. The SMILES string of the molecule is CC1=CC=C(C(C)C)C(C(C)(C)C)C2=C(C)C[C]([Zr+2]([CH]3C(C)=C(C)C(C)=C3C)[SiH](C)C)=C12.[Cl-].[Cl-]. The Kier molecular flexibility index (Phi) is 11.0. The average molecular weight is 598 g/mol. The summed E-state index contributed by atoms with van der Waals surface area (Å²) in [6, 6.07) is 0. The van der Waals surface area contributed by atoms with Crippen molar-refractivity contribution in [3.63, 3.8) is 0 Å². The molecule has 0 aromatic carbocycles. The van der Waals surface area contributed by atoms with Gasteiger partial charge in [0.05, 0.1) is 0 Å². The van der Waals surface area contributed by atoms with E-state index in [1.807, 2.05) is 3.28 Å². The molecule has 0 N–H and O–H groups in total.